The van der Waals surface area contributed by atoms with Gasteiger partial charge in [-0.3, -0.25) is 0 Å². The Morgan fingerprint density at radius 2 is 2.30 bits per heavy atom. The summed E-state index contributed by atoms with van der Waals surface area (Å²) >= 11 is 0. The number of fused-ring (bicyclic) bond motifs is 1. The SMILES string of the molecule is CCC1CCCC(n2c(N)nc3ccc(C#N)cc32)C1. The second-order valence-electron chi connectivity index (χ2n) is 5.75. The minimum atomic E-state index is 0.424. The van der Waals surface area contributed by atoms with Crippen molar-refractivity contribution in [2.45, 2.75) is 45.1 Å². The highest BCUT2D eigenvalue weighted by molar-refractivity contribution is 5.80. The smallest absolute Gasteiger partial charge is 0.201 e. The molecule has 104 valence electrons. The molecule has 1 fully saturated rings. The number of aromatic nitrogens is 2. The second-order valence-corrected chi connectivity index (χ2v) is 5.75. The third-order valence-electron chi connectivity index (χ3n) is 4.54. The molecule has 0 bridgehead atoms. The van der Waals surface area contributed by atoms with Crippen LogP contribution in [0.2, 0.25) is 0 Å². The lowest BCUT2D eigenvalue weighted by atomic mass is 9.84. The third kappa shape index (κ3) is 2.14. The maximum absolute atomic E-state index is 9.07. The number of hydrogen-bond donors (Lipinski definition) is 1. The number of imidazole rings is 1. The summed E-state index contributed by atoms with van der Waals surface area (Å²) < 4.78 is 2.15. The topological polar surface area (TPSA) is 67.6 Å². The highest BCUT2D eigenvalue weighted by atomic mass is 15.2. The molecule has 2 aromatic rings. The van der Waals surface area contributed by atoms with Gasteiger partial charge < -0.3 is 10.3 Å². The molecule has 20 heavy (non-hydrogen) atoms. The first-order valence-corrected chi connectivity index (χ1v) is 7.40. The Hall–Kier alpha value is -2.02. The quantitative estimate of drug-likeness (QED) is 0.904. The van der Waals surface area contributed by atoms with Crippen LogP contribution in [0.15, 0.2) is 18.2 Å². The molecule has 2 N–H and O–H groups in total. The summed E-state index contributed by atoms with van der Waals surface area (Å²) in [7, 11) is 0. The van der Waals surface area contributed by atoms with Gasteiger partial charge >= 0.3 is 0 Å². The predicted molar refractivity (Wildman–Crippen MR) is 80.1 cm³/mol. The summed E-state index contributed by atoms with van der Waals surface area (Å²) in [5.41, 5.74) is 8.69. The van der Waals surface area contributed by atoms with Gasteiger partial charge in [0.2, 0.25) is 5.95 Å². The molecule has 0 radical (unpaired) electrons. The molecule has 0 aliphatic heterocycles. The zero-order chi connectivity index (χ0) is 14.1. The van der Waals surface area contributed by atoms with Gasteiger partial charge in [0.1, 0.15) is 0 Å². The normalized spacial score (nSPS) is 22.8. The minimum absolute atomic E-state index is 0.424. The first kappa shape index (κ1) is 13.0. The van der Waals surface area contributed by atoms with Gasteiger partial charge in [0.15, 0.2) is 0 Å². The molecule has 0 amide bonds. The van der Waals surface area contributed by atoms with Crippen LogP contribution in [0.1, 0.15) is 50.6 Å². The molecule has 4 heteroatoms. The first-order valence-electron chi connectivity index (χ1n) is 7.40. The summed E-state index contributed by atoms with van der Waals surface area (Å²) in [6.07, 6.45) is 6.13. The highest BCUT2D eigenvalue weighted by Crippen LogP contribution is 2.37. The Morgan fingerprint density at radius 1 is 1.45 bits per heavy atom. The van der Waals surface area contributed by atoms with Crippen molar-refractivity contribution in [3.8, 4) is 6.07 Å². The van der Waals surface area contributed by atoms with Gasteiger partial charge in [-0.15, -0.1) is 0 Å². The van der Waals surface area contributed by atoms with Gasteiger partial charge in [-0.05, 0) is 37.0 Å². The number of anilines is 1. The number of nitriles is 1. The van der Waals surface area contributed by atoms with E-state index in [1.807, 2.05) is 12.1 Å². The van der Waals surface area contributed by atoms with E-state index in [-0.39, 0.29) is 0 Å². The molecule has 2 unspecified atom stereocenters. The largest absolute Gasteiger partial charge is 0.369 e. The fourth-order valence-electron chi connectivity index (χ4n) is 3.43. The van der Waals surface area contributed by atoms with Crippen LogP contribution in [-0.2, 0) is 0 Å². The summed E-state index contributed by atoms with van der Waals surface area (Å²) in [5, 5.41) is 9.07. The Morgan fingerprint density at radius 3 is 3.05 bits per heavy atom. The standard InChI is InChI=1S/C16H20N4/c1-2-11-4-3-5-13(8-11)20-15-9-12(10-17)6-7-14(15)19-16(20)18/h6-7,9,11,13H,2-5,8H2,1H3,(H2,18,19). The molecule has 1 aliphatic carbocycles. The summed E-state index contributed by atoms with van der Waals surface area (Å²) in [6.45, 7) is 2.26. The average molecular weight is 268 g/mol. The molecule has 4 nitrogen and oxygen atoms in total. The van der Waals surface area contributed by atoms with E-state index in [1.165, 1.54) is 25.7 Å². The van der Waals surface area contributed by atoms with Crippen molar-refractivity contribution in [2.24, 2.45) is 5.92 Å². The third-order valence-corrected chi connectivity index (χ3v) is 4.54. The summed E-state index contributed by atoms with van der Waals surface area (Å²) in [5.74, 6) is 1.36. The number of nitrogens with zero attached hydrogens (tertiary/aromatic N) is 3. The number of nitrogens with two attached hydrogens (primary N) is 1. The van der Waals surface area contributed by atoms with Crippen molar-refractivity contribution in [1.29, 1.82) is 5.26 Å². The van der Waals surface area contributed by atoms with E-state index in [1.54, 1.807) is 6.07 Å². The minimum Gasteiger partial charge on any atom is -0.369 e. The maximum Gasteiger partial charge on any atom is 0.201 e. The summed E-state index contributed by atoms with van der Waals surface area (Å²) in [6, 6.07) is 8.22. The monoisotopic (exact) mass is 268 g/mol. The Bertz CT molecular complexity index is 665. The van der Waals surface area contributed by atoms with Gasteiger partial charge in [0.05, 0.1) is 22.7 Å². The Kier molecular flexibility index (Phi) is 3.35. The molecule has 0 saturated heterocycles. The van der Waals surface area contributed by atoms with E-state index in [4.69, 9.17) is 11.0 Å². The molecular weight excluding hydrogens is 248 g/mol. The number of rotatable bonds is 2. The van der Waals surface area contributed by atoms with Crippen LogP contribution < -0.4 is 5.73 Å². The van der Waals surface area contributed by atoms with Crippen LogP contribution in [0.5, 0.6) is 0 Å². The lowest BCUT2D eigenvalue weighted by molar-refractivity contribution is 0.267. The second kappa shape index (κ2) is 5.16. The Balaban J connectivity index is 2.05. The molecule has 1 aliphatic rings. The zero-order valence-corrected chi connectivity index (χ0v) is 11.8. The number of benzene rings is 1. The van der Waals surface area contributed by atoms with Crippen molar-refractivity contribution in [1.82, 2.24) is 9.55 Å². The average Bonchev–Trinajstić information content (AvgIpc) is 2.82. The van der Waals surface area contributed by atoms with E-state index in [0.717, 1.165) is 23.4 Å². The van der Waals surface area contributed by atoms with Crippen LogP contribution in [0.3, 0.4) is 0 Å². The van der Waals surface area contributed by atoms with E-state index in [2.05, 4.69) is 22.5 Å². The van der Waals surface area contributed by atoms with E-state index in [9.17, 15) is 0 Å². The molecule has 1 saturated carbocycles. The van der Waals surface area contributed by atoms with Crippen LogP contribution in [0.4, 0.5) is 5.95 Å². The van der Waals surface area contributed by atoms with Crippen LogP contribution in [0.25, 0.3) is 11.0 Å². The van der Waals surface area contributed by atoms with Gasteiger partial charge in [-0.1, -0.05) is 26.2 Å². The van der Waals surface area contributed by atoms with Gasteiger partial charge in [0, 0.05) is 6.04 Å². The molecule has 1 aromatic heterocycles. The van der Waals surface area contributed by atoms with Crippen molar-refractivity contribution in [2.75, 3.05) is 5.73 Å². The van der Waals surface area contributed by atoms with Crippen molar-refractivity contribution >= 4 is 17.0 Å². The fourth-order valence-corrected chi connectivity index (χ4v) is 3.43. The lowest BCUT2D eigenvalue weighted by Gasteiger charge is -2.30. The lowest BCUT2D eigenvalue weighted by Crippen LogP contribution is -2.20. The molecule has 3 rings (SSSR count). The molecular formula is C16H20N4. The van der Waals surface area contributed by atoms with Crippen LogP contribution in [-0.4, -0.2) is 9.55 Å². The van der Waals surface area contributed by atoms with E-state index < -0.39 is 0 Å². The van der Waals surface area contributed by atoms with Crippen LogP contribution in [0, 0.1) is 17.2 Å². The first-order chi connectivity index (χ1) is 9.72. The molecule has 1 heterocycles. The molecule has 1 aromatic carbocycles. The molecule has 0 spiro atoms. The fraction of sp³-hybridized carbons (Fsp3) is 0.500. The predicted octanol–water partition coefficient (Wildman–Crippen LogP) is 3.63. The maximum atomic E-state index is 9.07. The summed E-state index contributed by atoms with van der Waals surface area (Å²) in [4.78, 5) is 4.45. The van der Waals surface area contributed by atoms with Gasteiger partial charge in [-0.25, -0.2) is 4.98 Å². The van der Waals surface area contributed by atoms with Gasteiger partial charge in [0.25, 0.3) is 0 Å². The van der Waals surface area contributed by atoms with E-state index >= 15 is 0 Å². The highest BCUT2D eigenvalue weighted by Gasteiger charge is 2.25. The zero-order valence-electron chi connectivity index (χ0n) is 11.8. The van der Waals surface area contributed by atoms with Crippen molar-refractivity contribution in [3.05, 3.63) is 23.8 Å². The van der Waals surface area contributed by atoms with Crippen LogP contribution >= 0.6 is 0 Å². The van der Waals surface area contributed by atoms with E-state index in [0.29, 0.717) is 17.6 Å². The van der Waals surface area contributed by atoms with Crippen molar-refractivity contribution < 1.29 is 0 Å². The Labute approximate surface area is 119 Å². The number of nitrogen functional groups attached to an aromatic ring is 1. The molecule has 2 atom stereocenters. The number of hydrogen-bond acceptors (Lipinski definition) is 3. The van der Waals surface area contributed by atoms with Crippen molar-refractivity contribution in [3.63, 3.8) is 0 Å². The van der Waals surface area contributed by atoms with Gasteiger partial charge in [-0.2, -0.15) is 5.26 Å².